The molecule has 1 aromatic rings. The Morgan fingerprint density at radius 2 is 2.00 bits per heavy atom. The fourth-order valence-electron chi connectivity index (χ4n) is 3.02. The number of oxazole rings is 1. The van der Waals surface area contributed by atoms with Crippen LogP contribution in [0.5, 0.6) is 0 Å². The molecule has 2 N–H and O–H groups in total. The number of nitrogens with zero attached hydrogens (tertiary/aromatic N) is 2. The van der Waals surface area contributed by atoms with Crippen molar-refractivity contribution in [2.45, 2.75) is 71.4 Å². The lowest BCUT2D eigenvalue weighted by Gasteiger charge is -2.28. The maximum absolute atomic E-state index is 11.8. The third kappa shape index (κ3) is 7.31. The smallest absolute Gasteiger partial charge is 0.308 e. The van der Waals surface area contributed by atoms with Gasteiger partial charge >= 0.3 is 5.97 Å². The van der Waals surface area contributed by atoms with Crippen LogP contribution < -0.4 is 10.6 Å². The molecule has 0 radical (unpaired) electrons. The number of ether oxygens (including phenoxy) is 1. The normalized spacial score (nSPS) is 20.6. The maximum Gasteiger partial charge on any atom is 0.308 e. The summed E-state index contributed by atoms with van der Waals surface area (Å²) in [7, 11) is 1.75. The minimum atomic E-state index is -0.0630. The molecule has 0 bridgehead atoms. The van der Waals surface area contributed by atoms with Crippen LogP contribution in [-0.4, -0.2) is 36.6 Å². The van der Waals surface area contributed by atoms with Crippen LogP contribution in [0.3, 0.4) is 0 Å². The number of halogens is 1. The zero-order valence-electron chi connectivity index (χ0n) is 17.0. The molecule has 1 aliphatic carbocycles. The van der Waals surface area contributed by atoms with Crippen LogP contribution in [-0.2, 0) is 21.5 Å². The molecule has 0 aromatic carbocycles. The predicted molar refractivity (Wildman–Crippen MR) is 116 cm³/mol. The van der Waals surface area contributed by atoms with Gasteiger partial charge in [-0.15, -0.1) is 24.0 Å². The number of carbonyl (C=O) groups excluding carboxylic acids is 1. The van der Waals surface area contributed by atoms with Gasteiger partial charge in [-0.1, -0.05) is 20.8 Å². The number of aliphatic imine (C=N–C) groups is 1. The standard InChI is InChI=1S/C19H32N4O3.HI/c1-6-25-17(24)13-7-9-14(10-8-13)23-18(20-5)22-12-16-21-11-15(26-16)19(2,3)4;/h11,13-14H,6-10,12H2,1-5H3,(H2,20,22,23);1H. The predicted octanol–water partition coefficient (Wildman–Crippen LogP) is 3.38. The number of aromatic nitrogens is 1. The lowest BCUT2D eigenvalue weighted by molar-refractivity contribution is -0.149. The van der Waals surface area contributed by atoms with Crippen LogP contribution in [0, 0.1) is 5.92 Å². The van der Waals surface area contributed by atoms with Crippen molar-refractivity contribution in [2.75, 3.05) is 13.7 Å². The van der Waals surface area contributed by atoms with Crippen molar-refractivity contribution in [3.8, 4) is 0 Å². The molecule has 1 saturated carbocycles. The van der Waals surface area contributed by atoms with E-state index in [2.05, 4.69) is 41.4 Å². The van der Waals surface area contributed by atoms with Crippen LogP contribution in [0.1, 0.15) is 65.0 Å². The third-order valence-electron chi connectivity index (χ3n) is 4.61. The molecule has 154 valence electrons. The van der Waals surface area contributed by atoms with Crippen molar-refractivity contribution in [1.29, 1.82) is 0 Å². The zero-order valence-corrected chi connectivity index (χ0v) is 19.3. The summed E-state index contributed by atoms with van der Waals surface area (Å²) in [5.41, 5.74) is -0.0528. The highest BCUT2D eigenvalue weighted by atomic mass is 127. The van der Waals surface area contributed by atoms with Crippen LogP contribution >= 0.6 is 24.0 Å². The Balaban J connectivity index is 0.00000364. The fourth-order valence-corrected chi connectivity index (χ4v) is 3.02. The first-order valence-electron chi connectivity index (χ1n) is 9.42. The summed E-state index contributed by atoms with van der Waals surface area (Å²) in [5.74, 6) is 2.21. The summed E-state index contributed by atoms with van der Waals surface area (Å²) in [6.07, 6.45) is 5.34. The highest BCUT2D eigenvalue weighted by Gasteiger charge is 2.27. The molecule has 0 saturated heterocycles. The van der Waals surface area contributed by atoms with E-state index in [4.69, 9.17) is 9.15 Å². The lowest BCUT2D eigenvalue weighted by Crippen LogP contribution is -2.45. The van der Waals surface area contributed by atoms with Gasteiger partial charge in [-0.25, -0.2) is 4.98 Å². The molecule has 0 amide bonds. The molecule has 0 aliphatic heterocycles. The summed E-state index contributed by atoms with van der Waals surface area (Å²) in [5, 5.41) is 6.66. The van der Waals surface area contributed by atoms with Crippen LogP contribution in [0.4, 0.5) is 0 Å². The van der Waals surface area contributed by atoms with E-state index in [9.17, 15) is 4.79 Å². The number of hydrogen-bond donors (Lipinski definition) is 2. The molecular weight excluding hydrogens is 459 g/mol. The number of esters is 1. The van der Waals surface area contributed by atoms with Crippen molar-refractivity contribution in [3.05, 3.63) is 17.8 Å². The molecule has 0 unspecified atom stereocenters. The topological polar surface area (TPSA) is 88.8 Å². The highest BCUT2D eigenvalue weighted by molar-refractivity contribution is 14.0. The van der Waals surface area contributed by atoms with E-state index in [0.29, 0.717) is 25.1 Å². The van der Waals surface area contributed by atoms with Gasteiger partial charge < -0.3 is 19.8 Å². The molecule has 1 fully saturated rings. The average Bonchev–Trinajstić information content (AvgIpc) is 3.08. The number of nitrogens with one attached hydrogen (secondary N) is 2. The van der Waals surface area contributed by atoms with E-state index >= 15 is 0 Å². The molecule has 0 spiro atoms. The van der Waals surface area contributed by atoms with Gasteiger partial charge in [-0.2, -0.15) is 0 Å². The van der Waals surface area contributed by atoms with Gasteiger partial charge in [0.2, 0.25) is 5.89 Å². The Morgan fingerprint density at radius 3 is 2.52 bits per heavy atom. The van der Waals surface area contributed by atoms with Crippen molar-refractivity contribution in [1.82, 2.24) is 15.6 Å². The first-order chi connectivity index (χ1) is 12.3. The van der Waals surface area contributed by atoms with Crippen LogP contribution in [0.25, 0.3) is 0 Å². The Bertz CT molecular complexity index is 617. The van der Waals surface area contributed by atoms with Gasteiger partial charge in [0, 0.05) is 18.5 Å². The third-order valence-corrected chi connectivity index (χ3v) is 4.61. The molecule has 1 heterocycles. The summed E-state index contributed by atoms with van der Waals surface area (Å²) in [6, 6.07) is 0.307. The second-order valence-corrected chi connectivity index (χ2v) is 7.74. The van der Waals surface area contributed by atoms with E-state index in [1.54, 1.807) is 13.2 Å². The van der Waals surface area contributed by atoms with E-state index in [0.717, 1.165) is 37.4 Å². The lowest BCUT2D eigenvalue weighted by atomic mass is 9.86. The number of rotatable bonds is 5. The monoisotopic (exact) mass is 492 g/mol. The summed E-state index contributed by atoms with van der Waals surface area (Å²) in [4.78, 5) is 20.4. The van der Waals surface area contributed by atoms with Gasteiger partial charge in [0.1, 0.15) is 5.76 Å². The Hall–Kier alpha value is -1.32. The number of carbonyl (C=O) groups is 1. The Kier molecular flexibility index (Phi) is 9.55. The molecule has 2 rings (SSSR count). The van der Waals surface area contributed by atoms with Crippen molar-refractivity contribution in [2.24, 2.45) is 10.9 Å². The van der Waals surface area contributed by atoms with Crippen LogP contribution in [0.2, 0.25) is 0 Å². The molecule has 0 atom stereocenters. The second-order valence-electron chi connectivity index (χ2n) is 7.74. The SMILES string of the molecule is CCOC(=O)C1CCC(NC(=NC)NCc2ncc(C(C)(C)C)o2)CC1.I. The second kappa shape index (κ2) is 10.9. The van der Waals surface area contributed by atoms with E-state index < -0.39 is 0 Å². The first kappa shape index (κ1) is 23.7. The summed E-state index contributed by atoms with van der Waals surface area (Å²) in [6.45, 7) is 9.06. The molecule has 8 heteroatoms. The van der Waals surface area contributed by atoms with E-state index in [1.165, 1.54) is 0 Å². The van der Waals surface area contributed by atoms with Crippen molar-refractivity contribution in [3.63, 3.8) is 0 Å². The van der Waals surface area contributed by atoms with Crippen molar-refractivity contribution < 1.29 is 13.9 Å². The molecule has 1 aliphatic rings. The van der Waals surface area contributed by atoms with Crippen molar-refractivity contribution >= 4 is 35.9 Å². The minimum Gasteiger partial charge on any atom is -0.466 e. The summed E-state index contributed by atoms with van der Waals surface area (Å²) >= 11 is 0. The largest absolute Gasteiger partial charge is 0.466 e. The summed E-state index contributed by atoms with van der Waals surface area (Å²) < 4.78 is 10.9. The average molecular weight is 492 g/mol. The molecule has 7 nitrogen and oxygen atoms in total. The van der Waals surface area contributed by atoms with Crippen LogP contribution in [0.15, 0.2) is 15.6 Å². The zero-order chi connectivity index (χ0) is 19.2. The van der Waals surface area contributed by atoms with Gasteiger partial charge in [-0.05, 0) is 32.6 Å². The van der Waals surface area contributed by atoms with Gasteiger partial charge in [0.15, 0.2) is 5.96 Å². The molecular formula is C19H33IN4O3. The van der Waals surface area contributed by atoms with Gasteiger partial charge in [-0.3, -0.25) is 9.79 Å². The number of hydrogen-bond acceptors (Lipinski definition) is 5. The van der Waals surface area contributed by atoms with Gasteiger partial charge in [0.25, 0.3) is 0 Å². The maximum atomic E-state index is 11.8. The fraction of sp³-hybridized carbons (Fsp3) is 0.737. The first-order valence-corrected chi connectivity index (χ1v) is 9.42. The number of guanidine groups is 1. The van der Waals surface area contributed by atoms with E-state index in [-0.39, 0.29) is 41.3 Å². The Labute approximate surface area is 179 Å². The Morgan fingerprint density at radius 1 is 1.33 bits per heavy atom. The van der Waals surface area contributed by atoms with Gasteiger partial charge in [0.05, 0.1) is 25.3 Å². The molecule has 27 heavy (non-hydrogen) atoms. The van der Waals surface area contributed by atoms with E-state index in [1.807, 2.05) is 6.92 Å². The highest BCUT2D eigenvalue weighted by Crippen LogP contribution is 2.25. The quantitative estimate of drug-likeness (QED) is 0.284. The molecule has 1 aromatic heterocycles. The minimum absolute atomic E-state index is 0.